The third-order valence-electron chi connectivity index (χ3n) is 3.68. The number of furan rings is 1. The van der Waals surface area contributed by atoms with Gasteiger partial charge in [0.2, 0.25) is 0 Å². The van der Waals surface area contributed by atoms with E-state index in [1.54, 1.807) is 6.92 Å². The molecule has 1 aliphatic carbocycles. The maximum absolute atomic E-state index is 12.5. The number of ketones is 1. The molecule has 0 unspecified atom stereocenters. The Balaban J connectivity index is 2.30. The van der Waals surface area contributed by atoms with E-state index in [0.717, 1.165) is 4.90 Å². The lowest BCUT2D eigenvalue weighted by Crippen LogP contribution is -2.38. The van der Waals surface area contributed by atoms with Gasteiger partial charge in [0.1, 0.15) is 12.3 Å². The number of nitrogens with zero attached hydrogens (tertiary/aromatic N) is 1. The maximum Gasteiger partial charge on any atom is 0.323 e. The van der Waals surface area contributed by atoms with E-state index >= 15 is 0 Å². The molecule has 0 aromatic carbocycles. The molecule has 0 aliphatic heterocycles. The van der Waals surface area contributed by atoms with Gasteiger partial charge in [0.15, 0.2) is 11.5 Å². The highest BCUT2D eigenvalue weighted by Gasteiger charge is 2.31. The van der Waals surface area contributed by atoms with Gasteiger partial charge in [-0.15, -0.1) is 0 Å². The van der Waals surface area contributed by atoms with E-state index in [1.807, 2.05) is 0 Å². The molecule has 1 aromatic rings. The first kappa shape index (κ1) is 16.2. The first-order valence-electron chi connectivity index (χ1n) is 7.11. The maximum atomic E-state index is 12.5. The van der Waals surface area contributed by atoms with E-state index in [-0.39, 0.29) is 24.7 Å². The van der Waals surface area contributed by atoms with Crippen molar-refractivity contribution in [1.29, 1.82) is 0 Å². The number of fused-ring (bicyclic) bond motifs is 1. The molecule has 1 N–H and O–H groups in total. The molecule has 1 amide bonds. The molecule has 0 bridgehead atoms. The lowest BCUT2D eigenvalue weighted by molar-refractivity contribution is -0.137. The second-order valence-corrected chi connectivity index (χ2v) is 5.24. The van der Waals surface area contributed by atoms with Crippen molar-refractivity contribution < 1.29 is 28.6 Å². The van der Waals surface area contributed by atoms with Crippen LogP contribution in [-0.4, -0.2) is 54.5 Å². The Morgan fingerprint density at radius 1 is 1.36 bits per heavy atom. The summed E-state index contributed by atoms with van der Waals surface area (Å²) in [6, 6.07) is 0. The topological polar surface area (TPSA) is 97.1 Å². The van der Waals surface area contributed by atoms with Gasteiger partial charge >= 0.3 is 5.97 Å². The van der Waals surface area contributed by atoms with Crippen molar-refractivity contribution in [3.8, 4) is 0 Å². The van der Waals surface area contributed by atoms with Gasteiger partial charge in [-0.2, -0.15) is 0 Å². The third kappa shape index (κ3) is 3.19. The minimum atomic E-state index is -1.12. The smallest absolute Gasteiger partial charge is 0.323 e. The minimum absolute atomic E-state index is 0.0248. The van der Waals surface area contributed by atoms with Crippen LogP contribution in [0.4, 0.5) is 0 Å². The molecule has 0 fully saturated rings. The summed E-state index contributed by atoms with van der Waals surface area (Å²) in [4.78, 5) is 36.6. The van der Waals surface area contributed by atoms with Crippen LogP contribution in [0.1, 0.15) is 45.1 Å². The van der Waals surface area contributed by atoms with Crippen LogP contribution in [0.2, 0.25) is 0 Å². The number of aliphatic carboxylic acids is 1. The fraction of sp³-hybridized carbons (Fsp3) is 0.533. The predicted molar refractivity (Wildman–Crippen MR) is 76.1 cm³/mol. The summed E-state index contributed by atoms with van der Waals surface area (Å²) >= 11 is 0. The predicted octanol–water partition coefficient (Wildman–Crippen LogP) is 1.28. The molecular weight excluding hydrogens is 290 g/mol. The molecule has 0 spiro atoms. The molecule has 7 nitrogen and oxygen atoms in total. The summed E-state index contributed by atoms with van der Waals surface area (Å²) in [6.45, 7) is 1.58. The molecular formula is C15H19NO6. The average molecular weight is 309 g/mol. The van der Waals surface area contributed by atoms with E-state index in [4.69, 9.17) is 14.3 Å². The zero-order chi connectivity index (χ0) is 16.3. The van der Waals surface area contributed by atoms with Crippen LogP contribution in [0.25, 0.3) is 0 Å². The van der Waals surface area contributed by atoms with Gasteiger partial charge < -0.3 is 19.2 Å². The summed E-state index contributed by atoms with van der Waals surface area (Å²) in [6.07, 6.45) is 1.77. The fourth-order valence-electron chi connectivity index (χ4n) is 2.61. The summed E-state index contributed by atoms with van der Waals surface area (Å²) < 4.78 is 10.5. The minimum Gasteiger partial charge on any atom is -0.480 e. The largest absolute Gasteiger partial charge is 0.480 e. The molecule has 0 radical (unpaired) electrons. The van der Waals surface area contributed by atoms with Crippen molar-refractivity contribution in [2.24, 2.45) is 0 Å². The number of hydrogen-bond donors (Lipinski definition) is 1. The number of Topliss-reactive ketones (excluding diaryl/α,β-unsaturated/α-hetero) is 1. The van der Waals surface area contributed by atoms with Crippen molar-refractivity contribution in [3.05, 3.63) is 22.6 Å². The standard InChI is InChI=1S/C15H19NO6/c1-9-13-10(17)4-3-5-11(13)22-14(9)15(20)16(6-7-21-2)8-12(18)19/h3-8H2,1-2H3,(H,18,19). The number of amides is 1. The van der Waals surface area contributed by atoms with Gasteiger partial charge in [-0.3, -0.25) is 14.4 Å². The molecule has 120 valence electrons. The number of rotatable bonds is 6. The van der Waals surface area contributed by atoms with Crippen LogP contribution in [-0.2, 0) is 16.0 Å². The van der Waals surface area contributed by atoms with E-state index in [9.17, 15) is 14.4 Å². The SMILES string of the molecule is COCCN(CC(=O)O)C(=O)c1oc2c(c1C)C(=O)CCC2. The summed E-state index contributed by atoms with van der Waals surface area (Å²) in [7, 11) is 1.47. The van der Waals surface area contributed by atoms with Crippen molar-refractivity contribution in [3.63, 3.8) is 0 Å². The van der Waals surface area contributed by atoms with Crippen molar-refractivity contribution in [1.82, 2.24) is 4.90 Å². The van der Waals surface area contributed by atoms with Crippen LogP contribution in [0.5, 0.6) is 0 Å². The zero-order valence-electron chi connectivity index (χ0n) is 12.7. The van der Waals surface area contributed by atoms with Crippen molar-refractivity contribution >= 4 is 17.7 Å². The number of ether oxygens (including phenoxy) is 1. The fourth-order valence-corrected chi connectivity index (χ4v) is 2.61. The van der Waals surface area contributed by atoms with Gasteiger partial charge in [0, 0.05) is 32.1 Å². The van der Waals surface area contributed by atoms with E-state index in [0.29, 0.717) is 36.1 Å². The number of carbonyl (C=O) groups excluding carboxylic acids is 2. The molecule has 1 heterocycles. The Morgan fingerprint density at radius 3 is 2.68 bits per heavy atom. The number of carboxylic acid groups (broad SMARTS) is 1. The first-order chi connectivity index (χ1) is 10.5. The highest BCUT2D eigenvalue weighted by atomic mass is 16.5. The first-order valence-corrected chi connectivity index (χ1v) is 7.11. The van der Waals surface area contributed by atoms with Crippen LogP contribution < -0.4 is 0 Å². The second-order valence-electron chi connectivity index (χ2n) is 5.24. The van der Waals surface area contributed by atoms with Crippen LogP contribution in [0.3, 0.4) is 0 Å². The molecule has 2 rings (SSSR count). The summed E-state index contributed by atoms with van der Waals surface area (Å²) in [5.41, 5.74) is 0.981. The monoisotopic (exact) mass is 309 g/mol. The number of carbonyl (C=O) groups is 3. The molecule has 1 aromatic heterocycles. The summed E-state index contributed by atoms with van der Waals surface area (Å²) in [5.74, 6) is -1.09. The Bertz CT molecular complexity index is 603. The Labute approximate surface area is 127 Å². The normalized spacial score (nSPS) is 13.8. The van der Waals surface area contributed by atoms with Gasteiger partial charge in [-0.25, -0.2) is 0 Å². The molecule has 0 atom stereocenters. The Morgan fingerprint density at radius 2 is 2.09 bits per heavy atom. The lowest BCUT2D eigenvalue weighted by Gasteiger charge is -2.19. The number of carboxylic acids is 1. The zero-order valence-corrected chi connectivity index (χ0v) is 12.7. The molecule has 1 aliphatic rings. The van der Waals surface area contributed by atoms with Crippen LogP contribution >= 0.6 is 0 Å². The average Bonchev–Trinajstić information content (AvgIpc) is 2.81. The van der Waals surface area contributed by atoms with Gasteiger partial charge in [0.05, 0.1) is 12.2 Å². The third-order valence-corrected chi connectivity index (χ3v) is 3.68. The summed E-state index contributed by atoms with van der Waals surface area (Å²) in [5, 5.41) is 8.93. The molecule has 0 saturated carbocycles. The van der Waals surface area contributed by atoms with Crippen LogP contribution in [0, 0.1) is 6.92 Å². The Hall–Kier alpha value is -2.15. The second kappa shape index (κ2) is 6.74. The molecule has 0 saturated heterocycles. The Kier molecular flexibility index (Phi) is 4.97. The van der Waals surface area contributed by atoms with Gasteiger partial charge in [0.25, 0.3) is 5.91 Å². The molecule has 22 heavy (non-hydrogen) atoms. The number of aryl methyl sites for hydroxylation is 1. The van der Waals surface area contributed by atoms with E-state index in [2.05, 4.69) is 0 Å². The molecule has 7 heteroatoms. The highest BCUT2D eigenvalue weighted by Crippen LogP contribution is 2.30. The lowest BCUT2D eigenvalue weighted by atomic mass is 9.94. The van der Waals surface area contributed by atoms with Crippen LogP contribution in [0.15, 0.2) is 4.42 Å². The van der Waals surface area contributed by atoms with Crippen molar-refractivity contribution in [2.45, 2.75) is 26.2 Å². The van der Waals surface area contributed by atoms with E-state index < -0.39 is 18.4 Å². The number of methoxy groups -OCH3 is 1. The van der Waals surface area contributed by atoms with Crippen molar-refractivity contribution in [2.75, 3.05) is 26.8 Å². The van der Waals surface area contributed by atoms with E-state index in [1.165, 1.54) is 7.11 Å². The van der Waals surface area contributed by atoms with Gasteiger partial charge in [-0.05, 0) is 13.3 Å². The quantitative estimate of drug-likeness (QED) is 0.850. The highest BCUT2D eigenvalue weighted by molar-refractivity contribution is 6.03. The number of hydrogen-bond acceptors (Lipinski definition) is 5. The van der Waals surface area contributed by atoms with Gasteiger partial charge in [-0.1, -0.05) is 0 Å².